The maximum absolute atomic E-state index is 9.11. The van der Waals surface area contributed by atoms with Gasteiger partial charge in [-0.3, -0.25) is 0 Å². The number of nitrogens with one attached hydrogen (secondary N) is 1. The van der Waals surface area contributed by atoms with Gasteiger partial charge in [0.05, 0.1) is 17.1 Å². The van der Waals surface area contributed by atoms with E-state index in [4.69, 9.17) is 10.4 Å². The predicted molar refractivity (Wildman–Crippen MR) is 261 cm³/mol. The second-order valence-corrected chi connectivity index (χ2v) is 15.5. The van der Waals surface area contributed by atoms with Gasteiger partial charge in [-0.25, -0.2) is 4.98 Å². The lowest BCUT2D eigenvalue weighted by atomic mass is 9.89. The molecular formula is C60H42N2. The minimum Gasteiger partial charge on any atom is -0.300 e. The van der Waals surface area contributed by atoms with Crippen LogP contribution < -0.4 is 0 Å². The van der Waals surface area contributed by atoms with E-state index >= 15 is 0 Å². The van der Waals surface area contributed by atoms with E-state index in [1.165, 1.54) is 0 Å². The van der Waals surface area contributed by atoms with Gasteiger partial charge in [0.15, 0.2) is 0 Å². The predicted octanol–water partition coefficient (Wildman–Crippen LogP) is 15.7. The smallest absolute Gasteiger partial charge is 0.0716 e. The highest BCUT2D eigenvalue weighted by Gasteiger charge is 2.15. The molecule has 0 bridgehead atoms. The number of aromatic nitrogens is 1. The lowest BCUT2D eigenvalue weighted by Crippen LogP contribution is -1.98. The molecule has 0 aliphatic heterocycles. The topological polar surface area (TPSA) is 36.7 Å². The molecule has 9 aromatic carbocycles. The summed E-state index contributed by atoms with van der Waals surface area (Å²) in [6.07, 6.45) is 2.01. The van der Waals surface area contributed by atoms with Crippen molar-refractivity contribution in [1.82, 2.24) is 4.98 Å². The zero-order valence-electron chi connectivity index (χ0n) is 34.1. The Bertz CT molecular complexity index is 3150. The van der Waals surface area contributed by atoms with Crippen molar-refractivity contribution in [2.45, 2.75) is 0 Å². The van der Waals surface area contributed by atoms with E-state index in [0.29, 0.717) is 5.71 Å². The average Bonchev–Trinajstić information content (AvgIpc) is 3.36. The van der Waals surface area contributed by atoms with E-state index in [9.17, 15) is 0 Å². The number of hydrogen-bond acceptors (Lipinski definition) is 2. The molecule has 0 saturated heterocycles. The normalized spacial score (nSPS) is 11.4. The summed E-state index contributed by atoms with van der Waals surface area (Å²) in [5.41, 5.74) is 17.6. The van der Waals surface area contributed by atoms with E-state index in [2.05, 4.69) is 200 Å². The molecule has 292 valence electrons. The van der Waals surface area contributed by atoms with Crippen LogP contribution in [-0.2, 0) is 0 Å². The van der Waals surface area contributed by atoms with Gasteiger partial charge in [-0.15, -0.1) is 0 Å². The number of rotatable bonds is 10. The molecule has 0 fully saturated rings. The molecule has 0 aliphatic rings. The summed E-state index contributed by atoms with van der Waals surface area (Å²) in [5.74, 6) is 0. The van der Waals surface area contributed by atoms with Crippen molar-refractivity contribution < 1.29 is 0 Å². The first-order chi connectivity index (χ1) is 30.6. The third-order valence-electron chi connectivity index (χ3n) is 11.5. The minimum atomic E-state index is 0.472. The standard InChI is InChI=1S/C60H42N2/c61-58(46-24-12-4-13-25-46)41-57(44-22-10-3-11-23-44)55-31-17-28-45-32-33-50(38-56(45)55)48-29-16-30-49(34-48)53-39-59(47-26-14-5-15-27-47)62-60(40-53)54-36-51(42-18-6-1-7-19-42)35-52(37-54)43-20-8-2-9-21-43/h1-41,61H/b57-41-,61-58?. The molecule has 1 aromatic heterocycles. The van der Waals surface area contributed by atoms with Crippen LogP contribution >= 0.6 is 0 Å². The van der Waals surface area contributed by atoms with Gasteiger partial charge in [0.25, 0.3) is 0 Å². The van der Waals surface area contributed by atoms with Crippen molar-refractivity contribution in [3.63, 3.8) is 0 Å². The van der Waals surface area contributed by atoms with Gasteiger partial charge in [0.2, 0.25) is 0 Å². The molecule has 0 atom stereocenters. The molecule has 1 N–H and O–H groups in total. The summed E-state index contributed by atoms with van der Waals surface area (Å²) in [7, 11) is 0. The van der Waals surface area contributed by atoms with E-state index in [1.807, 2.05) is 48.5 Å². The molecule has 0 aliphatic carbocycles. The van der Waals surface area contributed by atoms with Crippen molar-refractivity contribution >= 4 is 22.1 Å². The number of pyridine rings is 1. The molecule has 0 spiro atoms. The summed E-state index contributed by atoms with van der Waals surface area (Å²) in [6.45, 7) is 0. The van der Waals surface area contributed by atoms with Crippen LogP contribution in [0.4, 0.5) is 0 Å². The van der Waals surface area contributed by atoms with Crippen molar-refractivity contribution in [3.05, 3.63) is 265 Å². The van der Waals surface area contributed by atoms with Crippen LogP contribution in [0.25, 0.3) is 83.4 Å². The van der Waals surface area contributed by atoms with E-state index in [0.717, 1.165) is 100 Å². The van der Waals surface area contributed by atoms with Gasteiger partial charge < -0.3 is 5.41 Å². The fourth-order valence-corrected chi connectivity index (χ4v) is 8.32. The van der Waals surface area contributed by atoms with Gasteiger partial charge in [0.1, 0.15) is 0 Å². The molecule has 0 unspecified atom stereocenters. The first kappa shape index (κ1) is 38.0. The lowest BCUT2D eigenvalue weighted by molar-refractivity contribution is 1.32. The second kappa shape index (κ2) is 17.2. The van der Waals surface area contributed by atoms with Gasteiger partial charge in [-0.05, 0) is 126 Å². The fourth-order valence-electron chi connectivity index (χ4n) is 8.32. The molecule has 2 nitrogen and oxygen atoms in total. The Balaban J connectivity index is 1.10. The van der Waals surface area contributed by atoms with Crippen LogP contribution in [0, 0.1) is 5.41 Å². The highest BCUT2D eigenvalue weighted by atomic mass is 14.7. The largest absolute Gasteiger partial charge is 0.300 e. The highest BCUT2D eigenvalue weighted by molar-refractivity contribution is 6.14. The monoisotopic (exact) mass is 790 g/mol. The molecule has 0 radical (unpaired) electrons. The Morgan fingerprint density at radius 2 is 0.758 bits per heavy atom. The third kappa shape index (κ3) is 8.06. The van der Waals surface area contributed by atoms with Crippen LogP contribution in [0.2, 0.25) is 0 Å². The van der Waals surface area contributed by atoms with Crippen LogP contribution in [0.15, 0.2) is 249 Å². The first-order valence-electron chi connectivity index (χ1n) is 21.0. The minimum absolute atomic E-state index is 0.472. The third-order valence-corrected chi connectivity index (χ3v) is 11.5. The Labute approximate surface area is 363 Å². The van der Waals surface area contributed by atoms with Crippen LogP contribution in [-0.4, -0.2) is 10.7 Å². The van der Waals surface area contributed by atoms with Crippen LogP contribution in [0.5, 0.6) is 0 Å². The number of fused-ring (bicyclic) bond motifs is 1. The summed E-state index contributed by atoms with van der Waals surface area (Å²) in [5, 5.41) is 11.4. The maximum Gasteiger partial charge on any atom is 0.0716 e. The first-order valence-corrected chi connectivity index (χ1v) is 21.0. The summed E-state index contributed by atoms with van der Waals surface area (Å²) < 4.78 is 0. The van der Waals surface area contributed by atoms with Crippen molar-refractivity contribution in [1.29, 1.82) is 5.41 Å². The number of nitrogens with zero attached hydrogens (tertiary/aromatic N) is 1. The Morgan fingerprint density at radius 1 is 0.323 bits per heavy atom. The van der Waals surface area contributed by atoms with Gasteiger partial charge >= 0.3 is 0 Å². The van der Waals surface area contributed by atoms with Crippen molar-refractivity contribution in [2.75, 3.05) is 0 Å². The second-order valence-electron chi connectivity index (χ2n) is 15.5. The molecule has 0 amide bonds. The van der Waals surface area contributed by atoms with Gasteiger partial charge in [-0.2, -0.15) is 0 Å². The summed E-state index contributed by atoms with van der Waals surface area (Å²) >= 11 is 0. The Morgan fingerprint density at radius 3 is 1.37 bits per heavy atom. The van der Waals surface area contributed by atoms with Crippen molar-refractivity contribution in [3.8, 4) is 67.0 Å². The fraction of sp³-hybridized carbons (Fsp3) is 0. The van der Waals surface area contributed by atoms with E-state index < -0.39 is 0 Å². The number of allylic oxidation sites excluding steroid dienone is 1. The van der Waals surface area contributed by atoms with Crippen molar-refractivity contribution in [2.24, 2.45) is 0 Å². The quantitative estimate of drug-likeness (QED) is 0.138. The molecule has 1 heterocycles. The van der Waals surface area contributed by atoms with Crippen LogP contribution in [0.3, 0.4) is 0 Å². The van der Waals surface area contributed by atoms with Gasteiger partial charge in [0, 0.05) is 11.1 Å². The Hall–Kier alpha value is -8.20. The number of benzene rings is 9. The summed E-state index contributed by atoms with van der Waals surface area (Å²) in [4.78, 5) is 5.35. The molecule has 2 heteroatoms. The highest BCUT2D eigenvalue weighted by Crippen LogP contribution is 2.38. The van der Waals surface area contributed by atoms with E-state index in [1.54, 1.807) is 0 Å². The molecule has 0 saturated carbocycles. The van der Waals surface area contributed by atoms with Crippen LogP contribution in [0.1, 0.15) is 16.7 Å². The molecule has 10 rings (SSSR count). The number of hydrogen-bond donors (Lipinski definition) is 1. The molecule has 10 aromatic rings. The lowest BCUT2D eigenvalue weighted by Gasteiger charge is -2.15. The summed E-state index contributed by atoms with van der Waals surface area (Å²) in [6, 6.07) is 85.3. The Kier molecular flexibility index (Phi) is 10.5. The molecular weight excluding hydrogens is 749 g/mol. The SMILES string of the molecule is N=C(/C=C(/c1ccccc1)c1cccc2ccc(-c3cccc(-c4cc(-c5ccccc5)nc(-c5cc(-c6ccccc6)cc(-c6ccccc6)c5)c4)c3)cc12)c1ccccc1. The van der Waals surface area contributed by atoms with Gasteiger partial charge in [-0.1, -0.05) is 200 Å². The van der Waals surface area contributed by atoms with E-state index in [-0.39, 0.29) is 0 Å². The zero-order chi connectivity index (χ0) is 41.7. The zero-order valence-corrected chi connectivity index (χ0v) is 34.1. The maximum atomic E-state index is 9.11. The molecule has 62 heavy (non-hydrogen) atoms. The average molecular weight is 791 g/mol.